The van der Waals surface area contributed by atoms with Gasteiger partial charge in [-0.25, -0.2) is 4.90 Å². The fourth-order valence-electron chi connectivity index (χ4n) is 2.43. The Morgan fingerprint density at radius 2 is 1.42 bits per heavy atom. The molecule has 0 aromatic heterocycles. The van der Waals surface area contributed by atoms with E-state index < -0.39 is 11.7 Å². The number of methoxy groups -OCH3 is 4. The molecular weight excluding hydrogens is 250 g/mol. The zero-order valence-corrected chi connectivity index (χ0v) is 11.4. The van der Waals surface area contributed by atoms with Crippen LogP contribution in [0.15, 0.2) is 30.3 Å². The molecule has 0 radical (unpaired) electrons. The Morgan fingerprint density at radius 3 is 1.84 bits per heavy atom. The molecule has 1 heterocycles. The lowest BCUT2D eigenvalue weighted by Gasteiger charge is -2.58. The third kappa shape index (κ3) is 1.54. The molecule has 1 aromatic rings. The number of anilines is 1. The number of nitrogens with zero attached hydrogens (tertiary/aromatic N) is 1. The predicted octanol–water partition coefficient (Wildman–Crippen LogP) is 0.969. The Kier molecular flexibility index (Phi) is 3.60. The average Bonchev–Trinajstić information content (AvgIpc) is 2.47. The van der Waals surface area contributed by atoms with Crippen molar-refractivity contribution in [2.24, 2.45) is 0 Å². The quantitative estimate of drug-likeness (QED) is 0.587. The van der Waals surface area contributed by atoms with Gasteiger partial charge in [0.05, 0.1) is 0 Å². The zero-order valence-electron chi connectivity index (χ0n) is 11.4. The van der Waals surface area contributed by atoms with Crippen LogP contribution in [0.2, 0.25) is 0 Å². The highest BCUT2D eigenvalue weighted by Gasteiger charge is 2.77. The number of amides is 1. The lowest BCUT2D eigenvalue weighted by molar-refractivity contribution is -0.394. The number of carbonyl (C=O) groups excluding carboxylic acids is 1. The summed E-state index contributed by atoms with van der Waals surface area (Å²) in [6.07, 6.45) is 0. The van der Waals surface area contributed by atoms with Gasteiger partial charge in [0.15, 0.2) is 0 Å². The molecule has 6 nitrogen and oxygen atoms in total. The molecule has 2 rings (SSSR count). The van der Waals surface area contributed by atoms with E-state index in [4.69, 9.17) is 18.9 Å². The summed E-state index contributed by atoms with van der Waals surface area (Å²) in [4.78, 5) is 13.8. The second kappa shape index (κ2) is 4.90. The van der Waals surface area contributed by atoms with E-state index in [1.165, 1.54) is 33.3 Å². The molecule has 1 aliphatic heterocycles. The summed E-state index contributed by atoms with van der Waals surface area (Å²) in [5.41, 5.74) is 0.640. The molecule has 0 spiro atoms. The van der Waals surface area contributed by atoms with E-state index >= 15 is 0 Å². The van der Waals surface area contributed by atoms with Crippen LogP contribution < -0.4 is 4.90 Å². The monoisotopic (exact) mass is 267 g/mol. The van der Waals surface area contributed by atoms with Gasteiger partial charge in [-0.3, -0.25) is 4.79 Å². The smallest absolute Gasteiger partial charge is 0.328 e. The van der Waals surface area contributed by atoms with Crippen molar-refractivity contribution < 1.29 is 23.7 Å². The van der Waals surface area contributed by atoms with Crippen molar-refractivity contribution in [1.29, 1.82) is 0 Å². The van der Waals surface area contributed by atoms with E-state index in [1.54, 1.807) is 12.1 Å². The van der Waals surface area contributed by atoms with Gasteiger partial charge >= 0.3 is 11.7 Å². The summed E-state index contributed by atoms with van der Waals surface area (Å²) in [6, 6.07) is 9.05. The Bertz CT molecular complexity index is 453. The van der Waals surface area contributed by atoms with E-state index in [0.717, 1.165) is 0 Å². The number of rotatable bonds is 5. The van der Waals surface area contributed by atoms with Gasteiger partial charge in [-0.2, -0.15) is 0 Å². The molecule has 19 heavy (non-hydrogen) atoms. The minimum atomic E-state index is -1.60. The van der Waals surface area contributed by atoms with Crippen molar-refractivity contribution in [3.63, 3.8) is 0 Å². The summed E-state index contributed by atoms with van der Waals surface area (Å²) < 4.78 is 21.2. The molecule has 0 N–H and O–H groups in total. The highest BCUT2D eigenvalue weighted by Crippen LogP contribution is 2.48. The third-order valence-corrected chi connectivity index (χ3v) is 3.34. The standard InChI is InChI=1S/C13H17NO5/c1-16-12(17-2)11(15)14(13(12,18-3)19-4)10-8-6-5-7-9-10/h5-9H,1-4H3. The summed E-state index contributed by atoms with van der Waals surface area (Å²) in [7, 11) is 5.60. The van der Waals surface area contributed by atoms with Crippen molar-refractivity contribution in [3.8, 4) is 0 Å². The van der Waals surface area contributed by atoms with Crippen LogP contribution in [0.1, 0.15) is 0 Å². The predicted molar refractivity (Wildman–Crippen MR) is 67.4 cm³/mol. The number of hydrogen-bond acceptors (Lipinski definition) is 5. The zero-order chi connectivity index (χ0) is 14.1. The summed E-state index contributed by atoms with van der Waals surface area (Å²) in [5, 5.41) is 0. The van der Waals surface area contributed by atoms with Gasteiger partial charge in [-0.1, -0.05) is 18.2 Å². The maximum atomic E-state index is 12.4. The number of benzene rings is 1. The van der Waals surface area contributed by atoms with Crippen LogP contribution in [0.3, 0.4) is 0 Å². The highest BCUT2D eigenvalue weighted by atomic mass is 16.8. The van der Waals surface area contributed by atoms with Gasteiger partial charge in [-0.15, -0.1) is 0 Å². The molecular formula is C13H17NO5. The fraction of sp³-hybridized carbons (Fsp3) is 0.462. The SMILES string of the molecule is COC1(OC)C(=O)N(c2ccccc2)C1(OC)OC. The first-order valence-electron chi connectivity index (χ1n) is 5.74. The van der Waals surface area contributed by atoms with Crippen molar-refractivity contribution in [3.05, 3.63) is 30.3 Å². The third-order valence-electron chi connectivity index (χ3n) is 3.34. The van der Waals surface area contributed by atoms with Crippen LogP contribution >= 0.6 is 0 Å². The maximum absolute atomic E-state index is 12.4. The van der Waals surface area contributed by atoms with Gasteiger partial charge < -0.3 is 18.9 Å². The molecule has 0 aliphatic carbocycles. The van der Waals surface area contributed by atoms with Gasteiger partial charge in [-0.05, 0) is 12.1 Å². The van der Waals surface area contributed by atoms with Crippen LogP contribution in [-0.2, 0) is 23.7 Å². The first kappa shape index (κ1) is 14.0. The Hall–Kier alpha value is -1.47. The van der Waals surface area contributed by atoms with Gasteiger partial charge in [0.25, 0.3) is 5.91 Å². The molecule has 1 aliphatic rings. The second-order valence-electron chi connectivity index (χ2n) is 3.99. The lowest BCUT2D eigenvalue weighted by atomic mass is 9.97. The van der Waals surface area contributed by atoms with Crippen molar-refractivity contribution in [1.82, 2.24) is 0 Å². The molecule has 0 atom stereocenters. The Morgan fingerprint density at radius 1 is 0.895 bits per heavy atom. The van der Waals surface area contributed by atoms with Gasteiger partial charge in [0.2, 0.25) is 0 Å². The average molecular weight is 267 g/mol. The van der Waals surface area contributed by atoms with Crippen LogP contribution in [0, 0.1) is 0 Å². The highest BCUT2D eigenvalue weighted by molar-refractivity contribution is 6.07. The molecule has 1 fully saturated rings. The molecule has 1 aromatic carbocycles. The van der Waals surface area contributed by atoms with E-state index in [0.29, 0.717) is 5.69 Å². The molecule has 104 valence electrons. The molecule has 0 bridgehead atoms. The summed E-state index contributed by atoms with van der Waals surface area (Å²) >= 11 is 0. The summed E-state index contributed by atoms with van der Waals surface area (Å²) in [6.45, 7) is 0. The summed E-state index contributed by atoms with van der Waals surface area (Å²) in [5.74, 6) is -3.44. The number of para-hydroxylation sites is 1. The van der Waals surface area contributed by atoms with Gasteiger partial charge in [0.1, 0.15) is 0 Å². The first-order chi connectivity index (χ1) is 9.13. The van der Waals surface area contributed by atoms with Crippen LogP contribution in [0.5, 0.6) is 0 Å². The van der Waals surface area contributed by atoms with Crippen LogP contribution in [0.25, 0.3) is 0 Å². The normalized spacial score (nSPS) is 20.2. The number of carbonyl (C=O) groups is 1. The van der Waals surface area contributed by atoms with Crippen molar-refractivity contribution in [2.45, 2.75) is 11.7 Å². The van der Waals surface area contributed by atoms with Crippen molar-refractivity contribution in [2.75, 3.05) is 33.3 Å². The number of ether oxygens (including phenoxy) is 4. The number of β-lactam (4-membered cyclic amide) rings is 1. The van der Waals surface area contributed by atoms with E-state index in [1.807, 2.05) is 18.2 Å². The minimum absolute atomic E-state index is 0.382. The van der Waals surface area contributed by atoms with E-state index in [9.17, 15) is 4.79 Å². The lowest BCUT2D eigenvalue weighted by Crippen LogP contribution is -2.86. The van der Waals surface area contributed by atoms with Crippen LogP contribution in [-0.4, -0.2) is 46.0 Å². The Balaban J connectivity index is 2.50. The minimum Gasteiger partial charge on any atom is -0.340 e. The number of hydrogen-bond donors (Lipinski definition) is 0. The fourth-order valence-corrected chi connectivity index (χ4v) is 2.43. The first-order valence-corrected chi connectivity index (χ1v) is 5.74. The van der Waals surface area contributed by atoms with E-state index in [2.05, 4.69) is 0 Å². The van der Waals surface area contributed by atoms with Crippen LogP contribution in [0.4, 0.5) is 5.69 Å². The molecule has 1 amide bonds. The van der Waals surface area contributed by atoms with E-state index in [-0.39, 0.29) is 5.91 Å². The molecule has 0 unspecified atom stereocenters. The largest absolute Gasteiger partial charge is 0.340 e. The maximum Gasteiger partial charge on any atom is 0.328 e. The second-order valence-corrected chi connectivity index (χ2v) is 3.99. The molecule has 0 saturated carbocycles. The Labute approximate surface area is 111 Å². The van der Waals surface area contributed by atoms with Gasteiger partial charge in [0, 0.05) is 34.1 Å². The molecule has 1 saturated heterocycles. The van der Waals surface area contributed by atoms with Crippen molar-refractivity contribution >= 4 is 11.6 Å². The molecule has 6 heteroatoms. The topological polar surface area (TPSA) is 57.2 Å².